The monoisotopic (exact) mass is 289 g/mol. The van der Waals surface area contributed by atoms with Crippen LogP contribution in [0.4, 0.5) is 4.79 Å². The maximum atomic E-state index is 11.5. The number of carboxylic acids is 1. The Morgan fingerprint density at radius 2 is 2.39 bits per heavy atom. The predicted molar refractivity (Wildman–Crippen MR) is 71.9 cm³/mol. The lowest BCUT2D eigenvalue weighted by Crippen LogP contribution is -2.46. The molecule has 0 aliphatic rings. The summed E-state index contributed by atoms with van der Waals surface area (Å²) in [6.45, 7) is 0.353. The number of aliphatic carboxylic acids is 1. The maximum absolute atomic E-state index is 11.5. The van der Waals surface area contributed by atoms with Crippen molar-refractivity contribution in [3.8, 4) is 0 Å². The second-order valence-electron chi connectivity index (χ2n) is 3.47. The van der Waals surface area contributed by atoms with E-state index >= 15 is 0 Å². The van der Waals surface area contributed by atoms with Gasteiger partial charge in [-0.15, -0.1) is 11.3 Å². The number of nitrogens with zero attached hydrogens (tertiary/aromatic N) is 1. The highest BCUT2D eigenvalue weighted by Gasteiger charge is 2.18. The zero-order valence-electron chi connectivity index (χ0n) is 9.88. The lowest BCUT2D eigenvalue weighted by atomic mass is 10.2. The number of thiazole rings is 1. The average molecular weight is 289 g/mol. The van der Waals surface area contributed by atoms with Crippen LogP contribution in [0.3, 0.4) is 0 Å². The first kappa shape index (κ1) is 14.8. The molecule has 1 atom stereocenters. The van der Waals surface area contributed by atoms with Gasteiger partial charge in [0.05, 0.1) is 12.1 Å². The topological polar surface area (TPSA) is 91.3 Å². The van der Waals surface area contributed by atoms with Gasteiger partial charge < -0.3 is 15.7 Å². The molecule has 3 N–H and O–H groups in total. The Morgan fingerprint density at radius 3 is 2.94 bits per heavy atom. The highest BCUT2D eigenvalue weighted by molar-refractivity contribution is 7.98. The largest absolute Gasteiger partial charge is 0.480 e. The molecule has 6 nitrogen and oxygen atoms in total. The van der Waals surface area contributed by atoms with Crippen LogP contribution in [0, 0.1) is 0 Å². The molecule has 1 aromatic rings. The second-order valence-corrected chi connectivity index (χ2v) is 5.42. The molecule has 100 valence electrons. The van der Waals surface area contributed by atoms with Crippen molar-refractivity contribution in [3.63, 3.8) is 0 Å². The minimum absolute atomic E-state index is 0.353. The fraction of sp³-hybridized carbons (Fsp3) is 0.500. The molecular formula is C10H15N3O3S2. The van der Waals surface area contributed by atoms with Crippen LogP contribution < -0.4 is 10.6 Å². The van der Waals surface area contributed by atoms with Crippen LogP contribution in [0.1, 0.15) is 11.3 Å². The van der Waals surface area contributed by atoms with Crippen molar-refractivity contribution in [2.45, 2.75) is 19.0 Å². The summed E-state index contributed by atoms with van der Waals surface area (Å²) in [6, 6.07) is -1.32. The Kier molecular flexibility index (Phi) is 6.51. The van der Waals surface area contributed by atoms with Gasteiger partial charge >= 0.3 is 12.0 Å². The highest BCUT2D eigenvalue weighted by Crippen LogP contribution is 2.04. The molecule has 0 unspecified atom stereocenters. The Morgan fingerprint density at radius 1 is 1.61 bits per heavy atom. The van der Waals surface area contributed by atoms with Crippen LogP contribution in [-0.2, 0) is 11.3 Å². The Hall–Kier alpha value is -1.28. The van der Waals surface area contributed by atoms with E-state index < -0.39 is 18.0 Å². The molecule has 1 rings (SSSR count). The molecule has 0 spiro atoms. The summed E-state index contributed by atoms with van der Waals surface area (Å²) in [6.07, 6.45) is 3.96. The quantitative estimate of drug-likeness (QED) is 0.700. The Balaban J connectivity index is 2.34. The van der Waals surface area contributed by atoms with Gasteiger partial charge in [0.25, 0.3) is 0 Å². The molecule has 0 saturated heterocycles. The van der Waals surface area contributed by atoms with Crippen molar-refractivity contribution in [2.24, 2.45) is 0 Å². The minimum atomic E-state index is -1.02. The van der Waals surface area contributed by atoms with E-state index in [0.29, 0.717) is 18.7 Å². The average Bonchev–Trinajstić information content (AvgIpc) is 2.84. The van der Waals surface area contributed by atoms with Gasteiger partial charge in [-0.25, -0.2) is 9.59 Å². The molecule has 1 aromatic heterocycles. The van der Waals surface area contributed by atoms with Crippen molar-refractivity contribution < 1.29 is 14.7 Å². The third-order valence-corrected chi connectivity index (χ3v) is 3.54. The van der Waals surface area contributed by atoms with E-state index in [0.717, 1.165) is 4.88 Å². The standard InChI is InChI=1S/C10H15N3O3S2/c1-17-3-2-8(9(14)15)13-10(16)12-5-7-4-11-6-18-7/h4,6,8H,2-3,5H2,1H3,(H,14,15)(H2,12,13,16)/t8-/m0/s1. The predicted octanol–water partition coefficient (Wildman–Crippen LogP) is 1.15. The first-order chi connectivity index (χ1) is 8.63. The summed E-state index contributed by atoms with van der Waals surface area (Å²) in [5.74, 6) is -0.330. The third-order valence-electron chi connectivity index (χ3n) is 2.12. The summed E-state index contributed by atoms with van der Waals surface area (Å²) in [5.41, 5.74) is 1.67. The molecule has 0 radical (unpaired) electrons. The van der Waals surface area contributed by atoms with Crippen molar-refractivity contribution in [3.05, 3.63) is 16.6 Å². The number of amides is 2. The SMILES string of the molecule is CSCC[C@H](NC(=O)NCc1cncs1)C(=O)O. The zero-order valence-corrected chi connectivity index (χ0v) is 11.5. The van der Waals surface area contributed by atoms with Crippen molar-refractivity contribution in [1.29, 1.82) is 0 Å². The molecule has 0 aliphatic carbocycles. The second kappa shape index (κ2) is 7.93. The van der Waals surface area contributed by atoms with Gasteiger partial charge in [0.2, 0.25) is 0 Å². The van der Waals surface area contributed by atoms with Gasteiger partial charge in [-0.3, -0.25) is 4.98 Å². The number of rotatable bonds is 7. The van der Waals surface area contributed by atoms with Gasteiger partial charge in [0.15, 0.2) is 0 Å². The van der Waals surface area contributed by atoms with Gasteiger partial charge in [-0.05, 0) is 18.4 Å². The Bertz CT molecular complexity index is 384. The van der Waals surface area contributed by atoms with E-state index in [9.17, 15) is 9.59 Å². The highest BCUT2D eigenvalue weighted by atomic mass is 32.2. The van der Waals surface area contributed by atoms with Crippen molar-refractivity contribution >= 4 is 35.1 Å². The first-order valence-electron chi connectivity index (χ1n) is 5.27. The fourth-order valence-electron chi connectivity index (χ4n) is 1.20. The van der Waals surface area contributed by atoms with Gasteiger partial charge in [-0.2, -0.15) is 11.8 Å². The van der Waals surface area contributed by atoms with Gasteiger partial charge in [-0.1, -0.05) is 0 Å². The van der Waals surface area contributed by atoms with Crippen LogP contribution >= 0.6 is 23.1 Å². The number of hydrogen-bond acceptors (Lipinski definition) is 5. The van der Waals surface area contributed by atoms with Crippen LogP contribution in [0.15, 0.2) is 11.7 Å². The first-order valence-corrected chi connectivity index (χ1v) is 7.54. The van der Waals surface area contributed by atoms with E-state index in [2.05, 4.69) is 15.6 Å². The van der Waals surface area contributed by atoms with Crippen LogP contribution in [0.2, 0.25) is 0 Å². The molecule has 2 amide bonds. The number of hydrogen-bond donors (Lipinski definition) is 3. The molecule has 18 heavy (non-hydrogen) atoms. The number of aromatic nitrogens is 1. The summed E-state index contributed by atoms with van der Waals surface area (Å²) >= 11 is 2.97. The number of nitrogens with one attached hydrogen (secondary N) is 2. The number of carbonyl (C=O) groups is 2. The minimum Gasteiger partial charge on any atom is -0.480 e. The number of carboxylic acid groups (broad SMARTS) is 1. The molecule has 8 heteroatoms. The maximum Gasteiger partial charge on any atom is 0.326 e. The van der Waals surface area contributed by atoms with E-state index in [1.165, 1.54) is 11.3 Å². The van der Waals surface area contributed by atoms with Crippen molar-refractivity contribution in [1.82, 2.24) is 15.6 Å². The van der Waals surface area contributed by atoms with Gasteiger partial charge in [0, 0.05) is 11.1 Å². The number of carbonyl (C=O) groups excluding carboxylic acids is 1. The smallest absolute Gasteiger partial charge is 0.326 e. The molecule has 0 bridgehead atoms. The normalized spacial score (nSPS) is 11.8. The summed E-state index contributed by atoms with van der Waals surface area (Å²) in [7, 11) is 0. The van der Waals surface area contributed by atoms with E-state index in [4.69, 9.17) is 5.11 Å². The van der Waals surface area contributed by atoms with E-state index in [1.54, 1.807) is 23.5 Å². The van der Waals surface area contributed by atoms with E-state index in [-0.39, 0.29) is 0 Å². The summed E-state index contributed by atoms with van der Waals surface area (Å²) < 4.78 is 0. The fourth-order valence-corrected chi connectivity index (χ4v) is 2.20. The molecular weight excluding hydrogens is 274 g/mol. The lowest BCUT2D eigenvalue weighted by Gasteiger charge is -2.14. The third kappa shape index (κ3) is 5.37. The zero-order chi connectivity index (χ0) is 13.4. The lowest BCUT2D eigenvalue weighted by molar-refractivity contribution is -0.139. The number of thioether (sulfide) groups is 1. The Labute approximate surface area is 113 Å². The molecule has 1 heterocycles. The van der Waals surface area contributed by atoms with E-state index in [1.807, 2.05) is 6.26 Å². The van der Waals surface area contributed by atoms with Gasteiger partial charge in [0.1, 0.15) is 6.04 Å². The number of urea groups is 1. The van der Waals surface area contributed by atoms with Crippen LogP contribution in [0.25, 0.3) is 0 Å². The molecule has 0 aromatic carbocycles. The summed E-state index contributed by atoms with van der Waals surface area (Å²) in [5, 5.41) is 14.0. The molecule has 0 aliphatic heterocycles. The van der Waals surface area contributed by atoms with Crippen LogP contribution in [0.5, 0.6) is 0 Å². The van der Waals surface area contributed by atoms with Crippen molar-refractivity contribution in [2.75, 3.05) is 12.0 Å². The van der Waals surface area contributed by atoms with Crippen LogP contribution in [-0.4, -0.2) is 40.1 Å². The molecule has 0 saturated carbocycles. The molecule has 0 fully saturated rings. The summed E-state index contributed by atoms with van der Waals surface area (Å²) in [4.78, 5) is 27.2.